The molecule has 6 rings (SSSR count). The van der Waals surface area contributed by atoms with Crippen molar-refractivity contribution >= 4 is 11.6 Å². The molecule has 0 unspecified atom stereocenters. The minimum absolute atomic E-state index is 0.0425. The number of benzene rings is 4. The van der Waals surface area contributed by atoms with E-state index in [-0.39, 0.29) is 17.2 Å². The van der Waals surface area contributed by atoms with E-state index in [1.54, 1.807) is 29.1 Å². The Hall–Kier alpha value is -4.96. The molecule has 1 aromatic heterocycles. The summed E-state index contributed by atoms with van der Waals surface area (Å²) in [5, 5.41) is 11.1. The van der Waals surface area contributed by atoms with Gasteiger partial charge in [0.1, 0.15) is 11.9 Å². The number of aromatic nitrogens is 3. The van der Waals surface area contributed by atoms with E-state index in [1.807, 2.05) is 30.3 Å². The number of ether oxygens (including phenoxy) is 1. The molecule has 0 bridgehead atoms. The monoisotopic (exact) mass is 667 g/mol. The van der Waals surface area contributed by atoms with Crippen molar-refractivity contribution in [1.29, 1.82) is 0 Å². The summed E-state index contributed by atoms with van der Waals surface area (Å²) in [5.74, 6) is 0.215. The molecule has 0 aliphatic carbocycles. The number of carbonyl (C=O) groups excluding carboxylic acids is 1. The zero-order valence-corrected chi connectivity index (χ0v) is 28.1. The lowest BCUT2D eigenvalue weighted by atomic mass is 9.87. The summed E-state index contributed by atoms with van der Waals surface area (Å²) >= 11 is 0. The largest absolute Gasteiger partial charge is 0.490 e. The van der Waals surface area contributed by atoms with E-state index < -0.39 is 17.6 Å². The normalized spacial score (nSPS) is 14.5. The molecule has 0 saturated carbocycles. The molecule has 5 aromatic rings. The van der Waals surface area contributed by atoms with Gasteiger partial charge in [0.25, 0.3) is 5.91 Å². The number of amides is 1. The Morgan fingerprint density at radius 1 is 0.857 bits per heavy atom. The molecule has 0 spiro atoms. The number of anilines is 1. The van der Waals surface area contributed by atoms with Crippen LogP contribution in [0.5, 0.6) is 5.75 Å². The molecule has 2 heterocycles. The predicted octanol–water partition coefficient (Wildman–Crippen LogP) is 8.70. The maximum atomic E-state index is 13.7. The van der Waals surface area contributed by atoms with Gasteiger partial charge in [-0.1, -0.05) is 80.6 Å². The summed E-state index contributed by atoms with van der Waals surface area (Å²) < 4.78 is 48.9. The molecule has 254 valence electrons. The van der Waals surface area contributed by atoms with E-state index in [1.165, 1.54) is 17.7 Å². The van der Waals surface area contributed by atoms with Crippen molar-refractivity contribution in [3.8, 4) is 28.0 Å². The lowest BCUT2D eigenvalue weighted by Gasteiger charge is -2.29. The SMILES string of the molecule is CN1CCC(Oc2ccc(-c3ccc(NC(=O)c4cn(Cc5ccc(C(C)(C)C)cc5)nn4)cc3)c(-c3cccc(C(F)(F)F)c3)c2)CC1. The predicted molar refractivity (Wildman–Crippen MR) is 186 cm³/mol. The van der Waals surface area contributed by atoms with E-state index in [2.05, 4.69) is 72.6 Å². The van der Waals surface area contributed by atoms with E-state index in [0.29, 0.717) is 29.1 Å². The second-order valence-corrected chi connectivity index (χ2v) is 13.7. The molecule has 1 aliphatic rings. The van der Waals surface area contributed by atoms with E-state index in [0.717, 1.165) is 48.7 Å². The van der Waals surface area contributed by atoms with Crippen LogP contribution in [0.2, 0.25) is 0 Å². The van der Waals surface area contributed by atoms with Crippen molar-refractivity contribution in [2.24, 2.45) is 0 Å². The Bertz CT molecular complexity index is 1900. The lowest BCUT2D eigenvalue weighted by molar-refractivity contribution is -0.137. The summed E-state index contributed by atoms with van der Waals surface area (Å²) in [6.45, 7) is 8.84. The maximum absolute atomic E-state index is 13.7. The highest BCUT2D eigenvalue weighted by Gasteiger charge is 2.31. The fraction of sp³-hybridized carbons (Fsp3) is 0.308. The summed E-state index contributed by atoms with van der Waals surface area (Å²) in [4.78, 5) is 15.3. The summed E-state index contributed by atoms with van der Waals surface area (Å²) in [5.41, 5.74) is 4.94. The summed E-state index contributed by atoms with van der Waals surface area (Å²) in [6.07, 6.45) is -1.06. The number of rotatable bonds is 8. The number of halogens is 3. The first kappa shape index (κ1) is 33.9. The van der Waals surface area contributed by atoms with Crippen LogP contribution in [0.25, 0.3) is 22.3 Å². The third kappa shape index (κ3) is 8.37. The van der Waals surface area contributed by atoms with Gasteiger partial charge in [0, 0.05) is 18.8 Å². The van der Waals surface area contributed by atoms with E-state index >= 15 is 0 Å². The van der Waals surface area contributed by atoms with Crippen LogP contribution in [-0.4, -0.2) is 52.0 Å². The number of hydrogen-bond acceptors (Lipinski definition) is 5. The Balaban J connectivity index is 1.19. The second kappa shape index (κ2) is 13.9. The number of piperidine rings is 1. The van der Waals surface area contributed by atoms with Crippen LogP contribution in [0.1, 0.15) is 60.8 Å². The Labute approximate surface area is 284 Å². The summed E-state index contributed by atoms with van der Waals surface area (Å²) in [7, 11) is 2.08. The molecule has 7 nitrogen and oxygen atoms in total. The molecule has 0 atom stereocenters. The molecule has 49 heavy (non-hydrogen) atoms. The Morgan fingerprint density at radius 3 is 2.24 bits per heavy atom. The van der Waals surface area contributed by atoms with Crippen molar-refractivity contribution in [2.75, 3.05) is 25.5 Å². The first-order valence-corrected chi connectivity index (χ1v) is 16.4. The summed E-state index contributed by atoms with van der Waals surface area (Å²) in [6, 6.07) is 26.4. The molecule has 1 saturated heterocycles. The molecule has 10 heteroatoms. The molecule has 0 radical (unpaired) electrons. The van der Waals surface area contributed by atoms with Gasteiger partial charge in [-0.05, 0) is 95.1 Å². The zero-order chi connectivity index (χ0) is 34.8. The number of nitrogens with zero attached hydrogens (tertiary/aromatic N) is 4. The van der Waals surface area contributed by atoms with Gasteiger partial charge >= 0.3 is 6.18 Å². The maximum Gasteiger partial charge on any atom is 0.416 e. The van der Waals surface area contributed by atoms with Crippen molar-refractivity contribution in [2.45, 2.75) is 57.9 Å². The van der Waals surface area contributed by atoms with Crippen LogP contribution >= 0.6 is 0 Å². The third-order valence-corrected chi connectivity index (χ3v) is 8.85. The van der Waals surface area contributed by atoms with Gasteiger partial charge in [-0.3, -0.25) is 4.79 Å². The van der Waals surface area contributed by atoms with Gasteiger partial charge in [-0.25, -0.2) is 4.68 Å². The van der Waals surface area contributed by atoms with Gasteiger partial charge in [0.15, 0.2) is 5.69 Å². The highest BCUT2D eigenvalue weighted by atomic mass is 19.4. The van der Waals surface area contributed by atoms with Crippen LogP contribution < -0.4 is 10.1 Å². The van der Waals surface area contributed by atoms with E-state index in [9.17, 15) is 18.0 Å². The van der Waals surface area contributed by atoms with Gasteiger partial charge in [-0.15, -0.1) is 5.10 Å². The number of likely N-dealkylation sites (tertiary alicyclic amines) is 1. The zero-order valence-electron chi connectivity index (χ0n) is 28.1. The number of nitrogens with one attached hydrogen (secondary N) is 1. The van der Waals surface area contributed by atoms with Crippen LogP contribution in [0.3, 0.4) is 0 Å². The third-order valence-electron chi connectivity index (χ3n) is 8.85. The number of hydrogen-bond donors (Lipinski definition) is 1. The Morgan fingerprint density at radius 2 is 1.57 bits per heavy atom. The van der Waals surface area contributed by atoms with Gasteiger partial charge in [0.05, 0.1) is 18.3 Å². The molecule has 1 amide bonds. The first-order valence-electron chi connectivity index (χ1n) is 16.4. The highest BCUT2D eigenvalue weighted by molar-refractivity contribution is 6.02. The highest BCUT2D eigenvalue weighted by Crippen LogP contribution is 2.39. The topological polar surface area (TPSA) is 72.3 Å². The molecule has 1 aliphatic heterocycles. The fourth-order valence-electron chi connectivity index (χ4n) is 5.95. The molecular weight excluding hydrogens is 627 g/mol. The van der Waals surface area contributed by atoms with Crippen LogP contribution in [0, 0.1) is 0 Å². The molecule has 1 fully saturated rings. The van der Waals surface area contributed by atoms with Gasteiger partial charge < -0.3 is 15.0 Å². The standard InChI is InChI=1S/C39H40F3N5O2/c1-38(2,3)29-12-8-26(9-13-29)24-47-25-36(44-45-47)37(48)43-31-14-10-27(11-15-31)34-17-16-33(49-32-18-20-46(4)21-19-32)23-35(34)28-6-5-7-30(22-28)39(40,41)42/h5-17,22-23,25,32H,18-21,24H2,1-4H3,(H,43,48). The van der Waals surface area contributed by atoms with Gasteiger partial charge in [0.2, 0.25) is 0 Å². The van der Waals surface area contributed by atoms with Crippen molar-refractivity contribution in [3.05, 3.63) is 120 Å². The van der Waals surface area contributed by atoms with Crippen molar-refractivity contribution in [1.82, 2.24) is 19.9 Å². The minimum Gasteiger partial charge on any atom is -0.490 e. The van der Waals surface area contributed by atoms with Crippen molar-refractivity contribution in [3.63, 3.8) is 0 Å². The van der Waals surface area contributed by atoms with Crippen molar-refractivity contribution < 1.29 is 22.7 Å². The minimum atomic E-state index is -4.47. The quantitative estimate of drug-likeness (QED) is 0.179. The molecule has 4 aromatic carbocycles. The molecule has 1 N–H and O–H groups in total. The number of carbonyl (C=O) groups is 1. The van der Waals surface area contributed by atoms with Crippen LogP contribution in [0.15, 0.2) is 97.2 Å². The smallest absolute Gasteiger partial charge is 0.416 e. The first-order chi connectivity index (χ1) is 23.3. The average Bonchev–Trinajstić information content (AvgIpc) is 3.54. The van der Waals surface area contributed by atoms with Crippen LogP contribution in [-0.2, 0) is 18.1 Å². The van der Waals surface area contributed by atoms with E-state index in [4.69, 9.17) is 4.74 Å². The second-order valence-electron chi connectivity index (χ2n) is 13.7. The van der Waals surface area contributed by atoms with Crippen LogP contribution in [0.4, 0.5) is 18.9 Å². The Kier molecular flexibility index (Phi) is 9.61. The van der Waals surface area contributed by atoms with Gasteiger partial charge in [-0.2, -0.15) is 13.2 Å². The average molecular weight is 668 g/mol. The molecular formula is C39H40F3N5O2. The lowest BCUT2D eigenvalue weighted by Crippen LogP contribution is -2.35. The fourth-order valence-corrected chi connectivity index (χ4v) is 5.95. The number of alkyl halides is 3.